The summed E-state index contributed by atoms with van der Waals surface area (Å²) in [6.07, 6.45) is 1.96. The van der Waals surface area contributed by atoms with E-state index in [0.717, 1.165) is 61.6 Å². The van der Waals surface area contributed by atoms with E-state index >= 15 is 0 Å². The normalized spacial score (nSPS) is 17.5. The molecule has 0 atom stereocenters. The van der Waals surface area contributed by atoms with Gasteiger partial charge in [0.25, 0.3) is 0 Å². The van der Waals surface area contributed by atoms with E-state index in [1.807, 2.05) is 19.1 Å². The molecule has 3 heterocycles. The highest BCUT2D eigenvalue weighted by molar-refractivity contribution is 5.97. The number of aromatic amines is 1. The fourth-order valence-electron chi connectivity index (χ4n) is 5.07. The summed E-state index contributed by atoms with van der Waals surface area (Å²) >= 11 is 0. The molecule has 2 aliphatic rings. The topological polar surface area (TPSA) is 70.7 Å². The van der Waals surface area contributed by atoms with Gasteiger partial charge < -0.3 is 24.3 Å². The molecule has 0 saturated carbocycles. The van der Waals surface area contributed by atoms with Gasteiger partial charge in [-0.1, -0.05) is 12.1 Å². The third-order valence-corrected chi connectivity index (χ3v) is 6.76. The lowest BCUT2D eigenvalue weighted by Crippen LogP contribution is -2.36. The van der Waals surface area contributed by atoms with Crippen LogP contribution in [0, 0.1) is 6.92 Å². The number of aromatic nitrogens is 2. The Morgan fingerprint density at radius 3 is 2.64 bits per heavy atom. The lowest BCUT2D eigenvalue weighted by molar-refractivity contribution is 0.0524. The maximum Gasteiger partial charge on any atom is 0.338 e. The highest BCUT2D eigenvalue weighted by atomic mass is 16.5. The van der Waals surface area contributed by atoms with Crippen molar-refractivity contribution in [3.05, 3.63) is 53.1 Å². The molecule has 1 N–H and O–H groups in total. The van der Waals surface area contributed by atoms with Gasteiger partial charge in [0.2, 0.25) is 5.95 Å². The first-order chi connectivity index (χ1) is 16.1. The van der Waals surface area contributed by atoms with Crippen LogP contribution in [0.4, 0.5) is 11.6 Å². The van der Waals surface area contributed by atoms with Crippen molar-refractivity contribution >= 4 is 28.6 Å². The summed E-state index contributed by atoms with van der Waals surface area (Å²) in [4.78, 5) is 26.0. The molecule has 0 amide bonds. The van der Waals surface area contributed by atoms with Gasteiger partial charge in [0.15, 0.2) is 0 Å². The third kappa shape index (κ3) is 4.42. The molecule has 2 aliphatic heterocycles. The van der Waals surface area contributed by atoms with E-state index in [4.69, 9.17) is 14.5 Å². The van der Waals surface area contributed by atoms with Gasteiger partial charge in [0.05, 0.1) is 36.4 Å². The summed E-state index contributed by atoms with van der Waals surface area (Å²) in [6, 6.07) is 12.5. The molecule has 3 aromatic rings. The van der Waals surface area contributed by atoms with Crippen molar-refractivity contribution in [1.82, 2.24) is 9.97 Å². The number of morpholine rings is 1. The van der Waals surface area contributed by atoms with E-state index in [1.165, 1.54) is 11.3 Å². The van der Waals surface area contributed by atoms with Crippen LogP contribution in [-0.4, -0.2) is 61.9 Å². The molecule has 2 fully saturated rings. The number of hydrogen-bond donors (Lipinski definition) is 1. The van der Waals surface area contributed by atoms with Crippen LogP contribution in [0.1, 0.15) is 47.2 Å². The van der Waals surface area contributed by atoms with E-state index in [1.54, 1.807) is 0 Å². The van der Waals surface area contributed by atoms with Crippen LogP contribution in [0.3, 0.4) is 0 Å². The summed E-state index contributed by atoms with van der Waals surface area (Å²) in [5.41, 5.74) is 6.14. The number of ether oxygens (including phenoxy) is 2. The molecule has 1 aromatic heterocycles. The molecule has 0 aliphatic carbocycles. The first kappa shape index (κ1) is 21.8. The minimum Gasteiger partial charge on any atom is -0.462 e. The Morgan fingerprint density at radius 2 is 1.91 bits per heavy atom. The number of fused-ring (bicyclic) bond motifs is 1. The van der Waals surface area contributed by atoms with Gasteiger partial charge in [-0.05, 0) is 68.0 Å². The second-order valence-electron chi connectivity index (χ2n) is 8.90. The molecular formula is C26H32N4O3. The van der Waals surface area contributed by atoms with Gasteiger partial charge in [-0.25, -0.2) is 9.78 Å². The number of hydrogen-bond acceptors (Lipinski definition) is 6. The van der Waals surface area contributed by atoms with Crippen molar-refractivity contribution in [1.29, 1.82) is 0 Å². The number of nitrogens with zero attached hydrogens (tertiary/aromatic N) is 3. The number of anilines is 2. The quantitative estimate of drug-likeness (QED) is 0.588. The number of imidazole rings is 1. The van der Waals surface area contributed by atoms with Crippen LogP contribution in [0.15, 0.2) is 36.4 Å². The number of carbonyl (C=O) groups is 1. The lowest BCUT2D eigenvalue weighted by atomic mass is 9.85. The summed E-state index contributed by atoms with van der Waals surface area (Å²) in [7, 11) is 0. The van der Waals surface area contributed by atoms with Crippen molar-refractivity contribution in [3.8, 4) is 0 Å². The number of piperidine rings is 1. The van der Waals surface area contributed by atoms with Crippen LogP contribution < -0.4 is 9.80 Å². The first-order valence-electron chi connectivity index (χ1n) is 12.0. The van der Waals surface area contributed by atoms with Gasteiger partial charge in [0, 0.05) is 31.9 Å². The largest absolute Gasteiger partial charge is 0.462 e. The average molecular weight is 449 g/mol. The summed E-state index contributed by atoms with van der Waals surface area (Å²) in [6.45, 7) is 9.29. The maximum atomic E-state index is 12.9. The standard InChI is InChI=1S/C26H32N4O3/c1-3-33-25(31)21-7-8-22-24(28-26(27-22)30-13-15-32-16-14-30)23(21)19-9-11-29(12-10-19)20-6-4-5-18(2)17-20/h4-8,17,19H,3,9-16H2,1-2H3,(H,27,28). The molecule has 174 valence electrons. The fourth-order valence-corrected chi connectivity index (χ4v) is 5.07. The lowest BCUT2D eigenvalue weighted by Gasteiger charge is -2.34. The molecule has 2 aromatic carbocycles. The molecule has 7 nitrogen and oxygen atoms in total. The summed E-state index contributed by atoms with van der Waals surface area (Å²) in [5, 5.41) is 0. The third-order valence-electron chi connectivity index (χ3n) is 6.76. The second kappa shape index (κ2) is 9.43. The van der Waals surface area contributed by atoms with Crippen molar-refractivity contribution < 1.29 is 14.3 Å². The van der Waals surface area contributed by atoms with Crippen LogP contribution in [-0.2, 0) is 9.47 Å². The molecule has 0 bridgehead atoms. The summed E-state index contributed by atoms with van der Waals surface area (Å²) in [5.74, 6) is 0.873. The van der Waals surface area contributed by atoms with Crippen molar-refractivity contribution in [2.45, 2.75) is 32.6 Å². The van der Waals surface area contributed by atoms with Crippen LogP contribution in [0.25, 0.3) is 11.0 Å². The molecule has 0 spiro atoms. The Bertz CT molecular complexity index is 1130. The smallest absolute Gasteiger partial charge is 0.338 e. The van der Waals surface area contributed by atoms with Gasteiger partial charge in [-0.2, -0.15) is 0 Å². The zero-order chi connectivity index (χ0) is 22.8. The van der Waals surface area contributed by atoms with Gasteiger partial charge in [0.1, 0.15) is 0 Å². The van der Waals surface area contributed by atoms with Gasteiger partial charge in [-0.15, -0.1) is 0 Å². The molecule has 2 saturated heterocycles. The minimum atomic E-state index is -0.252. The number of H-pyrrole nitrogens is 1. The van der Waals surface area contributed by atoms with E-state index < -0.39 is 0 Å². The Balaban J connectivity index is 1.47. The zero-order valence-corrected chi connectivity index (χ0v) is 19.5. The van der Waals surface area contributed by atoms with Crippen molar-refractivity contribution in [2.75, 3.05) is 55.8 Å². The number of nitrogens with one attached hydrogen (secondary N) is 1. The van der Waals surface area contributed by atoms with Crippen molar-refractivity contribution in [2.24, 2.45) is 0 Å². The van der Waals surface area contributed by atoms with Crippen LogP contribution >= 0.6 is 0 Å². The fraction of sp³-hybridized carbons (Fsp3) is 0.462. The monoisotopic (exact) mass is 448 g/mol. The molecule has 0 radical (unpaired) electrons. The second-order valence-corrected chi connectivity index (χ2v) is 8.90. The number of carbonyl (C=O) groups excluding carboxylic acids is 1. The number of esters is 1. The maximum absolute atomic E-state index is 12.9. The highest BCUT2D eigenvalue weighted by Gasteiger charge is 2.29. The minimum absolute atomic E-state index is 0.252. The predicted octanol–water partition coefficient (Wildman–Crippen LogP) is 4.27. The zero-order valence-electron chi connectivity index (χ0n) is 19.5. The molecular weight excluding hydrogens is 416 g/mol. The first-order valence-corrected chi connectivity index (χ1v) is 12.0. The number of rotatable bonds is 5. The average Bonchev–Trinajstić information content (AvgIpc) is 3.29. The number of aryl methyl sites for hydroxylation is 1. The molecule has 5 rings (SSSR count). The van der Waals surface area contributed by atoms with Gasteiger partial charge in [-0.3, -0.25) is 0 Å². The van der Waals surface area contributed by atoms with E-state index in [9.17, 15) is 4.79 Å². The van der Waals surface area contributed by atoms with Crippen LogP contribution in [0.2, 0.25) is 0 Å². The predicted molar refractivity (Wildman–Crippen MR) is 130 cm³/mol. The number of benzene rings is 2. The Morgan fingerprint density at radius 1 is 1.12 bits per heavy atom. The van der Waals surface area contributed by atoms with Crippen molar-refractivity contribution in [3.63, 3.8) is 0 Å². The van der Waals surface area contributed by atoms with E-state index in [0.29, 0.717) is 25.4 Å². The Kier molecular flexibility index (Phi) is 6.22. The summed E-state index contributed by atoms with van der Waals surface area (Å²) < 4.78 is 10.9. The SMILES string of the molecule is CCOC(=O)c1ccc2nc(N3CCOCC3)[nH]c2c1C1CCN(c2cccc(C)c2)CC1. The van der Waals surface area contributed by atoms with Crippen LogP contribution in [0.5, 0.6) is 0 Å². The van der Waals surface area contributed by atoms with Gasteiger partial charge >= 0.3 is 5.97 Å². The van der Waals surface area contributed by atoms with E-state index in [-0.39, 0.29) is 11.9 Å². The molecule has 7 heteroatoms. The Hall–Kier alpha value is -3.06. The Labute approximate surface area is 194 Å². The molecule has 0 unspecified atom stereocenters. The highest BCUT2D eigenvalue weighted by Crippen LogP contribution is 2.37. The van der Waals surface area contributed by atoms with E-state index in [2.05, 4.69) is 46.0 Å². The molecule has 33 heavy (non-hydrogen) atoms.